The number of carboxylic acids is 1. The standard InChI is InChI=1S/C16H22N4O2.C2H4O2/c1-11(21)12(2)22-15-13-5-3-4-6-14(13)18-16(19-15)20-9-7-17-8-10-20;1-2(3)4/h3-6,11-12,17,21H,7-10H2,1-2H3;1H3,(H,3,4). The van der Waals surface area contributed by atoms with Crippen LogP contribution >= 0.6 is 0 Å². The lowest BCUT2D eigenvalue weighted by Crippen LogP contribution is -2.44. The second kappa shape index (κ2) is 9.30. The third-order valence-electron chi connectivity index (χ3n) is 3.93. The normalized spacial score (nSPS) is 16.4. The van der Waals surface area contributed by atoms with E-state index < -0.39 is 12.1 Å². The highest BCUT2D eigenvalue weighted by Crippen LogP contribution is 2.26. The molecule has 1 saturated heterocycles. The number of carboxylic acid groups (broad SMARTS) is 1. The fourth-order valence-electron chi connectivity index (χ4n) is 2.41. The predicted molar refractivity (Wildman–Crippen MR) is 99.7 cm³/mol. The number of hydrogen-bond acceptors (Lipinski definition) is 7. The Balaban J connectivity index is 0.000000552. The number of nitrogens with zero attached hydrogens (tertiary/aromatic N) is 3. The van der Waals surface area contributed by atoms with Gasteiger partial charge in [0.15, 0.2) is 0 Å². The van der Waals surface area contributed by atoms with Crippen LogP contribution in [0.25, 0.3) is 10.9 Å². The Morgan fingerprint density at radius 3 is 2.46 bits per heavy atom. The van der Waals surface area contributed by atoms with Gasteiger partial charge in [0.1, 0.15) is 6.10 Å². The quantitative estimate of drug-likeness (QED) is 0.746. The van der Waals surface area contributed by atoms with Crippen molar-refractivity contribution in [2.24, 2.45) is 0 Å². The van der Waals surface area contributed by atoms with Crippen molar-refractivity contribution in [1.29, 1.82) is 0 Å². The third kappa shape index (κ3) is 5.53. The SMILES string of the molecule is CC(=O)O.CC(O)C(C)Oc1nc(N2CCNCC2)nc2ccccc12. The molecule has 0 spiro atoms. The molecule has 142 valence electrons. The van der Waals surface area contributed by atoms with E-state index in [1.807, 2.05) is 31.2 Å². The van der Waals surface area contributed by atoms with Crippen molar-refractivity contribution in [2.45, 2.75) is 33.0 Å². The molecule has 1 aliphatic rings. The maximum absolute atomic E-state index is 9.69. The fraction of sp³-hybridized carbons (Fsp3) is 0.500. The lowest BCUT2D eigenvalue weighted by molar-refractivity contribution is -0.134. The van der Waals surface area contributed by atoms with E-state index in [1.54, 1.807) is 6.92 Å². The van der Waals surface area contributed by atoms with E-state index in [1.165, 1.54) is 0 Å². The van der Waals surface area contributed by atoms with E-state index in [9.17, 15) is 5.11 Å². The van der Waals surface area contributed by atoms with Gasteiger partial charge in [-0.15, -0.1) is 0 Å². The molecule has 2 aromatic rings. The first-order valence-electron chi connectivity index (χ1n) is 8.65. The molecular formula is C18H26N4O4. The van der Waals surface area contributed by atoms with Crippen molar-refractivity contribution in [3.8, 4) is 5.88 Å². The van der Waals surface area contributed by atoms with Crippen LogP contribution in [-0.2, 0) is 4.79 Å². The molecule has 0 amide bonds. The van der Waals surface area contributed by atoms with Crippen molar-refractivity contribution in [1.82, 2.24) is 15.3 Å². The molecular weight excluding hydrogens is 336 g/mol. The van der Waals surface area contributed by atoms with Crippen LogP contribution in [0.15, 0.2) is 24.3 Å². The van der Waals surface area contributed by atoms with E-state index in [4.69, 9.17) is 14.6 Å². The third-order valence-corrected chi connectivity index (χ3v) is 3.93. The zero-order valence-corrected chi connectivity index (χ0v) is 15.3. The number of aliphatic carboxylic acids is 1. The molecule has 8 heteroatoms. The Labute approximate surface area is 152 Å². The molecule has 0 aliphatic carbocycles. The van der Waals surface area contributed by atoms with Gasteiger partial charge in [-0.2, -0.15) is 4.98 Å². The van der Waals surface area contributed by atoms with E-state index in [0.717, 1.165) is 44.0 Å². The monoisotopic (exact) mass is 362 g/mol. The van der Waals surface area contributed by atoms with Crippen LogP contribution in [0.2, 0.25) is 0 Å². The minimum atomic E-state index is -0.833. The summed E-state index contributed by atoms with van der Waals surface area (Å²) in [4.78, 5) is 20.4. The first kappa shape index (κ1) is 19.9. The summed E-state index contributed by atoms with van der Waals surface area (Å²) in [7, 11) is 0. The number of para-hydroxylation sites is 1. The largest absolute Gasteiger partial charge is 0.481 e. The molecule has 0 saturated carbocycles. The number of aliphatic hydroxyl groups excluding tert-OH is 1. The molecule has 1 aromatic heterocycles. The minimum absolute atomic E-state index is 0.325. The summed E-state index contributed by atoms with van der Waals surface area (Å²) in [5, 5.41) is 21.3. The van der Waals surface area contributed by atoms with E-state index in [2.05, 4.69) is 20.2 Å². The number of anilines is 1. The van der Waals surface area contributed by atoms with Gasteiger partial charge in [-0.1, -0.05) is 12.1 Å². The smallest absolute Gasteiger partial charge is 0.300 e. The molecule has 2 unspecified atom stereocenters. The average Bonchev–Trinajstić information content (AvgIpc) is 2.61. The molecule has 0 radical (unpaired) electrons. The number of hydrogen-bond donors (Lipinski definition) is 3. The topological polar surface area (TPSA) is 108 Å². The van der Waals surface area contributed by atoms with Gasteiger partial charge in [0.2, 0.25) is 11.8 Å². The lowest BCUT2D eigenvalue weighted by Gasteiger charge is -2.28. The first-order valence-corrected chi connectivity index (χ1v) is 8.65. The van der Waals surface area contributed by atoms with Crippen molar-refractivity contribution >= 4 is 22.8 Å². The summed E-state index contributed by atoms with van der Waals surface area (Å²) >= 11 is 0. The maximum atomic E-state index is 9.69. The molecule has 26 heavy (non-hydrogen) atoms. The number of carbonyl (C=O) groups is 1. The number of ether oxygens (including phenoxy) is 1. The second-order valence-corrected chi connectivity index (χ2v) is 6.17. The Kier molecular flexibility index (Phi) is 7.11. The zero-order valence-electron chi connectivity index (χ0n) is 15.3. The summed E-state index contributed by atoms with van der Waals surface area (Å²) in [6.07, 6.45) is -0.884. The van der Waals surface area contributed by atoms with Crippen molar-refractivity contribution < 1.29 is 19.7 Å². The number of nitrogens with one attached hydrogen (secondary N) is 1. The Hall–Kier alpha value is -2.45. The molecule has 0 bridgehead atoms. The number of aromatic nitrogens is 2. The van der Waals surface area contributed by atoms with Gasteiger partial charge >= 0.3 is 0 Å². The molecule has 3 N–H and O–H groups in total. The summed E-state index contributed by atoms with van der Waals surface area (Å²) < 4.78 is 5.88. The van der Waals surface area contributed by atoms with Crippen LogP contribution < -0.4 is 15.0 Å². The summed E-state index contributed by atoms with van der Waals surface area (Å²) in [5.41, 5.74) is 0.860. The predicted octanol–water partition coefficient (Wildman–Crippen LogP) is 1.28. The van der Waals surface area contributed by atoms with Gasteiger partial charge < -0.3 is 25.2 Å². The number of fused-ring (bicyclic) bond motifs is 1. The van der Waals surface area contributed by atoms with Gasteiger partial charge in [-0.3, -0.25) is 4.79 Å². The summed E-state index contributed by atoms with van der Waals surface area (Å²) in [6, 6.07) is 7.80. The van der Waals surface area contributed by atoms with Crippen LogP contribution in [0.3, 0.4) is 0 Å². The van der Waals surface area contributed by atoms with Crippen LogP contribution in [-0.4, -0.2) is 64.5 Å². The second-order valence-electron chi connectivity index (χ2n) is 6.17. The maximum Gasteiger partial charge on any atom is 0.300 e. The van der Waals surface area contributed by atoms with Crippen LogP contribution in [0, 0.1) is 0 Å². The molecule has 8 nitrogen and oxygen atoms in total. The van der Waals surface area contributed by atoms with E-state index in [0.29, 0.717) is 11.8 Å². The number of piperazine rings is 1. The summed E-state index contributed by atoms with van der Waals surface area (Å²) in [5.74, 6) is 0.389. The van der Waals surface area contributed by atoms with Crippen LogP contribution in [0.5, 0.6) is 5.88 Å². The van der Waals surface area contributed by atoms with Gasteiger partial charge in [-0.05, 0) is 26.0 Å². The first-order chi connectivity index (χ1) is 12.4. The lowest BCUT2D eigenvalue weighted by atomic mass is 10.2. The van der Waals surface area contributed by atoms with Crippen molar-refractivity contribution in [3.63, 3.8) is 0 Å². The van der Waals surface area contributed by atoms with Gasteiger partial charge in [0, 0.05) is 33.1 Å². The molecule has 1 fully saturated rings. The molecule has 2 heterocycles. The van der Waals surface area contributed by atoms with Crippen LogP contribution in [0.4, 0.5) is 5.95 Å². The molecule has 1 aromatic carbocycles. The van der Waals surface area contributed by atoms with Gasteiger partial charge in [0.25, 0.3) is 5.97 Å². The van der Waals surface area contributed by atoms with Crippen molar-refractivity contribution in [3.05, 3.63) is 24.3 Å². The average molecular weight is 362 g/mol. The molecule has 3 rings (SSSR count). The van der Waals surface area contributed by atoms with Crippen LogP contribution in [0.1, 0.15) is 20.8 Å². The van der Waals surface area contributed by atoms with Crippen molar-refractivity contribution in [2.75, 3.05) is 31.1 Å². The van der Waals surface area contributed by atoms with E-state index >= 15 is 0 Å². The number of benzene rings is 1. The molecule has 1 aliphatic heterocycles. The Bertz CT molecular complexity index is 728. The Morgan fingerprint density at radius 1 is 1.23 bits per heavy atom. The minimum Gasteiger partial charge on any atom is -0.481 e. The Morgan fingerprint density at radius 2 is 1.85 bits per heavy atom. The summed E-state index contributed by atoms with van der Waals surface area (Å²) in [6.45, 7) is 8.25. The molecule has 2 atom stereocenters. The highest BCUT2D eigenvalue weighted by Gasteiger charge is 2.19. The fourth-order valence-corrected chi connectivity index (χ4v) is 2.41. The zero-order chi connectivity index (χ0) is 19.1. The number of aliphatic hydroxyl groups is 1. The highest BCUT2D eigenvalue weighted by atomic mass is 16.5. The highest BCUT2D eigenvalue weighted by molar-refractivity contribution is 5.84. The van der Waals surface area contributed by atoms with Gasteiger partial charge in [0.05, 0.1) is 17.0 Å². The van der Waals surface area contributed by atoms with E-state index in [-0.39, 0.29) is 6.10 Å². The number of rotatable bonds is 4. The van der Waals surface area contributed by atoms with Gasteiger partial charge in [-0.25, -0.2) is 4.98 Å².